The van der Waals surface area contributed by atoms with Gasteiger partial charge in [0.15, 0.2) is 5.16 Å². The van der Waals surface area contributed by atoms with Gasteiger partial charge in [-0.25, -0.2) is 4.79 Å². The van der Waals surface area contributed by atoms with E-state index in [0.717, 1.165) is 30.2 Å². The van der Waals surface area contributed by atoms with Gasteiger partial charge in [0.25, 0.3) is 0 Å². The van der Waals surface area contributed by atoms with E-state index in [1.807, 2.05) is 13.0 Å². The highest BCUT2D eigenvalue weighted by Gasteiger charge is 2.31. The predicted octanol–water partition coefficient (Wildman–Crippen LogP) is 3.55. The van der Waals surface area contributed by atoms with Crippen LogP contribution in [0.2, 0.25) is 0 Å². The first kappa shape index (κ1) is 19.1. The van der Waals surface area contributed by atoms with Crippen LogP contribution in [-0.2, 0) is 11.2 Å². The molecule has 1 saturated carbocycles. The van der Waals surface area contributed by atoms with Gasteiger partial charge in [-0.3, -0.25) is 4.79 Å². The average molecular weight is 441 g/mol. The van der Waals surface area contributed by atoms with Gasteiger partial charge in [0, 0.05) is 23.0 Å². The number of fused-ring (bicyclic) bond motifs is 1. The van der Waals surface area contributed by atoms with E-state index < -0.39 is 0 Å². The second kappa shape index (κ2) is 7.77. The molecule has 0 saturated heterocycles. The Bertz CT molecular complexity index is 1250. The number of nitrogens with zero attached hydrogens (tertiary/aromatic N) is 3. The van der Waals surface area contributed by atoms with Gasteiger partial charge in [-0.05, 0) is 49.4 Å². The fraction of sp³-hybridized carbons (Fsp3) is 0.300. The van der Waals surface area contributed by atoms with Gasteiger partial charge in [-0.2, -0.15) is 0 Å². The molecule has 3 N–H and O–H groups in total. The summed E-state index contributed by atoms with van der Waals surface area (Å²) in [6.45, 7) is 1.86. The number of aromatic amines is 2. The molecule has 0 aliphatic heterocycles. The van der Waals surface area contributed by atoms with Crippen molar-refractivity contribution in [3.05, 3.63) is 56.9 Å². The van der Waals surface area contributed by atoms with Gasteiger partial charge in [0.05, 0.1) is 16.3 Å². The van der Waals surface area contributed by atoms with Gasteiger partial charge in [0.2, 0.25) is 5.91 Å². The van der Waals surface area contributed by atoms with Crippen molar-refractivity contribution < 1.29 is 4.79 Å². The number of thiophene rings is 1. The molecule has 0 bridgehead atoms. The number of H-pyrrole nitrogens is 2. The van der Waals surface area contributed by atoms with Crippen molar-refractivity contribution in [2.45, 2.75) is 42.6 Å². The lowest BCUT2D eigenvalue weighted by Crippen LogP contribution is -2.23. The fourth-order valence-electron chi connectivity index (χ4n) is 3.34. The quantitative estimate of drug-likeness (QED) is 0.381. The number of hydrogen-bond acceptors (Lipinski definition) is 6. The Labute approximate surface area is 180 Å². The highest BCUT2D eigenvalue weighted by Crippen LogP contribution is 2.40. The van der Waals surface area contributed by atoms with Gasteiger partial charge in [0.1, 0.15) is 5.82 Å². The Balaban J connectivity index is 1.30. The van der Waals surface area contributed by atoms with E-state index in [4.69, 9.17) is 0 Å². The van der Waals surface area contributed by atoms with Crippen LogP contribution in [0.3, 0.4) is 0 Å². The number of thioether (sulfide) groups is 1. The summed E-state index contributed by atoms with van der Waals surface area (Å²) in [4.78, 5) is 30.8. The van der Waals surface area contributed by atoms with Crippen molar-refractivity contribution in [1.29, 1.82) is 0 Å². The van der Waals surface area contributed by atoms with Crippen LogP contribution in [0, 0.1) is 0 Å². The first-order valence-electron chi connectivity index (χ1n) is 9.72. The summed E-state index contributed by atoms with van der Waals surface area (Å²) >= 11 is 3.14. The third-order valence-electron chi connectivity index (χ3n) is 4.99. The van der Waals surface area contributed by atoms with Crippen LogP contribution >= 0.6 is 23.1 Å². The van der Waals surface area contributed by atoms with E-state index in [0.29, 0.717) is 22.8 Å². The molecule has 0 radical (unpaired) electrons. The summed E-state index contributed by atoms with van der Waals surface area (Å²) in [5.74, 6) is 0.833. The number of amides is 1. The van der Waals surface area contributed by atoms with E-state index in [1.165, 1.54) is 16.6 Å². The molecule has 1 amide bonds. The standard InChI is InChI=1S/C20H20N6O2S2/c1-11(18(27)21-12-4-7-15-16(9-12)23-19(28)22-15)30-20-25-24-17(26(20)13-5-6-13)10-14-3-2-8-29-14/h2-4,7-9,11,13H,5-6,10H2,1H3,(H,21,27)(H2,22,23,28). The molecule has 0 spiro atoms. The third kappa shape index (κ3) is 3.92. The molecule has 1 unspecified atom stereocenters. The van der Waals surface area contributed by atoms with E-state index >= 15 is 0 Å². The van der Waals surface area contributed by atoms with Gasteiger partial charge in [-0.15, -0.1) is 21.5 Å². The first-order chi connectivity index (χ1) is 14.6. The van der Waals surface area contributed by atoms with E-state index in [1.54, 1.807) is 29.5 Å². The Hall–Kier alpha value is -2.85. The van der Waals surface area contributed by atoms with Crippen LogP contribution in [0.5, 0.6) is 0 Å². The number of carbonyl (C=O) groups excluding carboxylic acids is 1. The molecule has 10 heteroatoms. The molecule has 1 aromatic carbocycles. The summed E-state index contributed by atoms with van der Waals surface area (Å²) in [7, 11) is 0. The number of imidazole rings is 1. The smallest absolute Gasteiger partial charge is 0.323 e. The minimum atomic E-state index is -0.345. The van der Waals surface area contributed by atoms with Crippen LogP contribution in [0.25, 0.3) is 11.0 Å². The third-order valence-corrected chi connectivity index (χ3v) is 6.93. The average Bonchev–Trinajstić information content (AvgIpc) is 3.10. The Kier molecular flexibility index (Phi) is 4.95. The van der Waals surface area contributed by atoms with Crippen molar-refractivity contribution in [2.75, 3.05) is 5.32 Å². The normalized spacial score (nSPS) is 14.8. The largest absolute Gasteiger partial charge is 0.325 e. The number of nitrogens with one attached hydrogen (secondary N) is 3. The van der Waals surface area contributed by atoms with Crippen molar-refractivity contribution in [3.8, 4) is 0 Å². The SMILES string of the molecule is CC(Sc1nnc(Cc2cccs2)n1C1CC1)C(=O)Nc1ccc2[nH]c(=O)[nH]c2c1. The second-order valence-electron chi connectivity index (χ2n) is 7.34. The zero-order valence-corrected chi connectivity index (χ0v) is 17.8. The topological polar surface area (TPSA) is 108 Å². The second-order valence-corrected chi connectivity index (χ2v) is 9.69. The zero-order valence-electron chi connectivity index (χ0n) is 16.2. The fourth-order valence-corrected chi connectivity index (χ4v) is 4.98. The van der Waals surface area contributed by atoms with Crippen LogP contribution in [0.15, 0.2) is 45.7 Å². The van der Waals surface area contributed by atoms with Crippen molar-refractivity contribution in [2.24, 2.45) is 0 Å². The number of rotatable bonds is 7. The predicted molar refractivity (Wildman–Crippen MR) is 118 cm³/mol. The van der Waals surface area contributed by atoms with E-state index in [9.17, 15) is 9.59 Å². The number of carbonyl (C=O) groups is 1. The highest BCUT2D eigenvalue weighted by molar-refractivity contribution is 8.00. The molecule has 8 nitrogen and oxygen atoms in total. The van der Waals surface area contributed by atoms with Crippen molar-refractivity contribution in [3.63, 3.8) is 0 Å². The molecule has 5 rings (SSSR count). The molecular formula is C20H20N6O2S2. The molecule has 3 aromatic heterocycles. The number of anilines is 1. The zero-order chi connectivity index (χ0) is 20.7. The number of benzene rings is 1. The van der Waals surface area contributed by atoms with Crippen molar-refractivity contribution in [1.82, 2.24) is 24.7 Å². The summed E-state index contributed by atoms with van der Waals surface area (Å²) in [5.41, 5.74) is 1.73. The van der Waals surface area contributed by atoms with Gasteiger partial charge in [-0.1, -0.05) is 17.8 Å². The minimum Gasteiger partial charge on any atom is -0.325 e. The lowest BCUT2D eigenvalue weighted by molar-refractivity contribution is -0.115. The van der Waals surface area contributed by atoms with Crippen LogP contribution in [0.4, 0.5) is 5.69 Å². The van der Waals surface area contributed by atoms with Crippen LogP contribution < -0.4 is 11.0 Å². The summed E-state index contributed by atoms with van der Waals surface area (Å²) in [6.07, 6.45) is 3.01. The lowest BCUT2D eigenvalue weighted by atomic mass is 10.2. The molecule has 4 aromatic rings. The maximum absolute atomic E-state index is 12.8. The molecule has 154 valence electrons. The van der Waals surface area contributed by atoms with Crippen LogP contribution in [-0.4, -0.2) is 35.9 Å². The van der Waals surface area contributed by atoms with E-state index in [-0.39, 0.29) is 16.8 Å². The maximum Gasteiger partial charge on any atom is 0.323 e. The Morgan fingerprint density at radius 2 is 2.13 bits per heavy atom. The van der Waals surface area contributed by atoms with E-state index in [2.05, 4.69) is 41.5 Å². The summed E-state index contributed by atoms with van der Waals surface area (Å²) in [5, 5.41) is 14.2. The van der Waals surface area contributed by atoms with Gasteiger partial charge < -0.3 is 19.9 Å². The Morgan fingerprint density at radius 1 is 1.30 bits per heavy atom. The first-order valence-corrected chi connectivity index (χ1v) is 11.5. The minimum absolute atomic E-state index is 0.123. The molecule has 1 aliphatic carbocycles. The number of hydrogen-bond donors (Lipinski definition) is 3. The summed E-state index contributed by atoms with van der Waals surface area (Å²) < 4.78 is 2.20. The van der Waals surface area contributed by atoms with Gasteiger partial charge >= 0.3 is 5.69 Å². The molecule has 1 fully saturated rings. The monoisotopic (exact) mass is 440 g/mol. The molecule has 1 aliphatic rings. The Morgan fingerprint density at radius 3 is 2.90 bits per heavy atom. The molecule has 30 heavy (non-hydrogen) atoms. The molecule has 1 atom stereocenters. The summed E-state index contributed by atoms with van der Waals surface area (Å²) in [6, 6.07) is 9.86. The lowest BCUT2D eigenvalue weighted by Gasteiger charge is -2.13. The highest BCUT2D eigenvalue weighted by atomic mass is 32.2. The maximum atomic E-state index is 12.8. The van der Waals surface area contributed by atoms with Crippen molar-refractivity contribution >= 4 is 45.7 Å². The van der Waals surface area contributed by atoms with Crippen LogP contribution in [0.1, 0.15) is 36.5 Å². The molecular weight excluding hydrogens is 420 g/mol. The molecule has 3 heterocycles. The number of aromatic nitrogens is 5.